The second-order valence-corrected chi connectivity index (χ2v) is 9.63. The Kier molecular flexibility index (Phi) is 6.21. The van der Waals surface area contributed by atoms with E-state index >= 15 is 0 Å². The van der Waals surface area contributed by atoms with E-state index in [4.69, 9.17) is 4.42 Å². The number of amides is 1. The van der Waals surface area contributed by atoms with E-state index in [-0.39, 0.29) is 11.0 Å². The number of carbonyl (C=O) groups is 1. The van der Waals surface area contributed by atoms with Gasteiger partial charge in [-0.3, -0.25) is 9.69 Å². The third kappa shape index (κ3) is 4.58. The zero-order valence-electron chi connectivity index (χ0n) is 16.8. The Hall–Kier alpha value is -2.23. The smallest absolute Gasteiger partial charge is 0.276 e. The molecule has 0 saturated carbocycles. The van der Waals surface area contributed by atoms with E-state index in [1.54, 1.807) is 17.0 Å². The van der Waals surface area contributed by atoms with Crippen LogP contribution < -0.4 is 0 Å². The van der Waals surface area contributed by atoms with Crippen molar-refractivity contribution in [1.82, 2.24) is 14.1 Å². The zero-order chi connectivity index (χ0) is 21.1. The second kappa shape index (κ2) is 8.87. The van der Waals surface area contributed by atoms with Gasteiger partial charge in [-0.05, 0) is 49.6 Å². The highest BCUT2D eigenvalue weighted by atomic mass is 32.2. The number of rotatable bonds is 5. The summed E-state index contributed by atoms with van der Waals surface area (Å²) in [6.45, 7) is 4.09. The summed E-state index contributed by atoms with van der Waals surface area (Å²) in [6, 6.07) is 8.99. The van der Waals surface area contributed by atoms with Gasteiger partial charge in [-0.25, -0.2) is 12.8 Å². The number of carbonyl (C=O) groups excluding carboxylic acids is 1. The maximum Gasteiger partial charge on any atom is 0.276 e. The van der Waals surface area contributed by atoms with Crippen molar-refractivity contribution in [1.29, 1.82) is 0 Å². The van der Waals surface area contributed by atoms with Crippen LogP contribution in [0, 0.1) is 5.82 Å². The van der Waals surface area contributed by atoms with Crippen molar-refractivity contribution in [2.75, 3.05) is 39.3 Å². The van der Waals surface area contributed by atoms with Gasteiger partial charge in [0.15, 0.2) is 0 Å². The van der Waals surface area contributed by atoms with Crippen molar-refractivity contribution >= 4 is 15.9 Å². The van der Waals surface area contributed by atoms with Crippen LogP contribution in [0.4, 0.5) is 4.39 Å². The minimum Gasteiger partial charge on any atom is -0.447 e. The fourth-order valence-electron chi connectivity index (χ4n) is 3.99. The van der Waals surface area contributed by atoms with Crippen LogP contribution in [0.15, 0.2) is 45.9 Å². The molecule has 9 heteroatoms. The van der Waals surface area contributed by atoms with E-state index in [0.717, 1.165) is 25.8 Å². The standard InChI is InChI=1S/C21H26FN3O4S/c22-18-6-3-5-17(15-18)21(26)24-10-4-9-23(13-14-24)16-19-7-8-20(29-19)30(27,28)25-11-1-2-12-25/h3,5-8,15H,1-2,4,9-14,16H2. The number of hydrogen-bond acceptors (Lipinski definition) is 5. The average molecular weight is 436 g/mol. The van der Waals surface area contributed by atoms with Crippen LogP contribution in [-0.2, 0) is 16.6 Å². The molecule has 2 aliphatic heterocycles. The summed E-state index contributed by atoms with van der Waals surface area (Å²) in [5.41, 5.74) is 0.353. The average Bonchev–Trinajstić information content (AvgIpc) is 3.38. The molecule has 1 aromatic carbocycles. The fourth-order valence-corrected chi connectivity index (χ4v) is 5.44. The molecule has 162 valence electrons. The van der Waals surface area contributed by atoms with Gasteiger partial charge in [0.2, 0.25) is 5.09 Å². The SMILES string of the molecule is O=C(c1cccc(F)c1)N1CCCN(Cc2ccc(S(=O)(=O)N3CCCC3)o2)CC1. The summed E-state index contributed by atoms with van der Waals surface area (Å²) in [5, 5.41) is -0.00266. The van der Waals surface area contributed by atoms with Crippen molar-refractivity contribution in [2.24, 2.45) is 0 Å². The third-order valence-corrected chi connectivity index (χ3v) is 7.40. The predicted molar refractivity (Wildman–Crippen MR) is 109 cm³/mol. The number of sulfonamides is 1. The Morgan fingerprint density at radius 3 is 2.53 bits per heavy atom. The Morgan fingerprint density at radius 2 is 1.77 bits per heavy atom. The van der Waals surface area contributed by atoms with Crippen LogP contribution in [0.5, 0.6) is 0 Å². The molecule has 0 atom stereocenters. The number of benzene rings is 1. The highest BCUT2D eigenvalue weighted by Gasteiger charge is 2.30. The Morgan fingerprint density at radius 1 is 0.967 bits per heavy atom. The van der Waals surface area contributed by atoms with Gasteiger partial charge in [0.05, 0.1) is 6.54 Å². The van der Waals surface area contributed by atoms with E-state index in [0.29, 0.717) is 50.6 Å². The van der Waals surface area contributed by atoms with Gasteiger partial charge in [0.1, 0.15) is 11.6 Å². The Labute approximate surface area is 176 Å². The van der Waals surface area contributed by atoms with E-state index in [2.05, 4.69) is 4.90 Å². The minimum absolute atomic E-state index is 0.00266. The highest BCUT2D eigenvalue weighted by Crippen LogP contribution is 2.23. The molecule has 1 aromatic heterocycles. The second-order valence-electron chi connectivity index (χ2n) is 7.76. The third-order valence-electron chi connectivity index (χ3n) is 5.62. The summed E-state index contributed by atoms with van der Waals surface area (Å²) in [6.07, 6.45) is 2.54. The maximum absolute atomic E-state index is 13.4. The molecule has 0 radical (unpaired) electrons. The van der Waals surface area contributed by atoms with Crippen LogP contribution in [0.2, 0.25) is 0 Å². The molecular formula is C21H26FN3O4S. The number of furan rings is 1. The topological polar surface area (TPSA) is 74.1 Å². The maximum atomic E-state index is 13.4. The normalized spacial score (nSPS) is 19.2. The van der Waals surface area contributed by atoms with Crippen molar-refractivity contribution in [2.45, 2.75) is 30.9 Å². The largest absolute Gasteiger partial charge is 0.447 e. The lowest BCUT2D eigenvalue weighted by molar-refractivity contribution is 0.0760. The van der Waals surface area contributed by atoms with Crippen molar-refractivity contribution < 1.29 is 22.0 Å². The number of nitrogens with zero attached hydrogens (tertiary/aromatic N) is 3. The molecule has 0 N–H and O–H groups in total. The molecule has 4 rings (SSSR count). The summed E-state index contributed by atoms with van der Waals surface area (Å²) in [4.78, 5) is 16.5. The molecule has 1 amide bonds. The van der Waals surface area contributed by atoms with Gasteiger partial charge in [0.25, 0.3) is 15.9 Å². The Bertz CT molecular complexity index is 1000. The first-order valence-corrected chi connectivity index (χ1v) is 11.7. The molecule has 3 heterocycles. The molecular weight excluding hydrogens is 409 g/mol. The van der Waals surface area contributed by atoms with Crippen LogP contribution in [-0.4, -0.2) is 67.7 Å². The molecule has 2 aliphatic rings. The lowest BCUT2D eigenvalue weighted by atomic mass is 10.2. The van der Waals surface area contributed by atoms with Crippen LogP contribution >= 0.6 is 0 Å². The minimum atomic E-state index is -3.56. The molecule has 0 aliphatic carbocycles. The van der Waals surface area contributed by atoms with Crippen LogP contribution in [0.1, 0.15) is 35.4 Å². The molecule has 0 bridgehead atoms. The predicted octanol–water partition coefficient (Wildman–Crippen LogP) is 2.55. The van der Waals surface area contributed by atoms with Crippen molar-refractivity contribution in [3.8, 4) is 0 Å². The van der Waals surface area contributed by atoms with Crippen LogP contribution in [0.3, 0.4) is 0 Å². The first kappa shape index (κ1) is 21.0. The van der Waals surface area contributed by atoms with Crippen molar-refractivity contribution in [3.63, 3.8) is 0 Å². The van der Waals surface area contributed by atoms with E-state index in [1.807, 2.05) is 0 Å². The Balaban J connectivity index is 1.36. The zero-order valence-corrected chi connectivity index (χ0v) is 17.6. The molecule has 2 aromatic rings. The lowest BCUT2D eigenvalue weighted by Gasteiger charge is -2.21. The molecule has 0 spiro atoms. The first-order chi connectivity index (χ1) is 14.4. The van der Waals surface area contributed by atoms with E-state index in [9.17, 15) is 17.6 Å². The lowest BCUT2D eigenvalue weighted by Crippen LogP contribution is -2.35. The van der Waals surface area contributed by atoms with E-state index in [1.165, 1.54) is 28.6 Å². The first-order valence-electron chi connectivity index (χ1n) is 10.3. The number of hydrogen-bond donors (Lipinski definition) is 0. The van der Waals surface area contributed by atoms with Crippen LogP contribution in [0.25, 0.3) is 0 Å². The molecule has 2 fully saturated rings. The molecule has 0 unspecified atom stereocenters. The summed E-state index contributed by atoms with van der Waals surface area (Å²) in [7, 11) is -3.56. The van der Waals surface area contributed by atoms with Gasteiger partial charge < -0.3 is 9.32 Å². The van der Waals surface area contributed by atoms with Gasteiger partial charge in [-0.1, -0.05) is 6.07 Å². The summed E-state index contributed by atoms with van der Waals surface area (Å²) in [5.74, 6) is 0.000764. The quantitative estimate of drug-likeness (QED) is 0.722. The molecule has 30 heavy (non-hydrogen) atoms. The summed E-state index contributed by atoms with van der Waals surface area (Å²) < 4.78 is 45.8. The molecule has 7 nitrogen and oxygen atoms in total. The van der Waals surface area contributed by atoms with Crippen molar-refractivity contribution in [3.05, 3.63) is 53.5 Å². The van der Waals surface area contributed by atoms with E-state index < -0.39 is 15.8 Å². The summed E-state index contributed by atoms with van der Waals surface area (Å²) >= 11 is 0. The highest BCUT2D eigenvalue weighted by molar-refractivity contribution is 7.89. The number of halogens is 1. The van der Waals surface area contributed by atoms with Gasteiger partial charge in [0, 0.05) is 44.8 Å². The van der Waals surface area contributed by atoms with Gasteiger partial charge in [-0.2, -0.15) is 4.31 Å². The molecule has 2 saturated heterocycles. The fraction of sp³-hybridized carbons (Fsp3) is 0.476. The van der Waals surface area contributed by atoms with Gasteiger partial charge in [-0.15, -0.1) is 0 Å². The monoisotopic (exact) mass is 435 g/mol. The van der Waals surface area contributed by atoms with Gasteiger partial charge >= 0.3 is 0 Å².